The summed E-state index contributed by atoms with van der Waals surface area (Å²) in [5.74, 6) is 0.957. The van der Waals surface area contributed by atoms with E-state index in [-0.39, 0.29) is 0 Å². The lowest BCUT2D eigenvalue weighted by Gasteiger charge is -2.40. The van der Waals surface area contributed by atoms with Crippen LogP contribution in [0, 0.1) is 5.92 Å². The second-order valence-corrected chi connectivity index (χ2v) is 5.83. The zero-order valence-electron chi connectivity index (χ0n) is 11.3. The van der Waals surface area contributed by atoms with Crippen LogP contribution in [0.4, 0.5) is 0 Å². The summed E-state index contributed by atoms with van der Waals surface area (Å²) >= 11 is 0. The van der Waals surface area contributed by atoms with E-state index in [2.05, 4.69) is 47.5 Å². The first-order chi connectivity index (χ1) is 8.86. The van der Waals surface area contributed by atoms with E-state index in [1.165, 1.54) is 37.9 Å². The van der Waals surface area contributed by atoms with Gasteiger partial charge in [-0.05, 0) is 30.7 Å². The lowest BCUT2D eigenvalue weighted by molar-refractivity contribution is 0.106. The van der Waals surface area contributed by atoms with Gasteiger partial charge in [-0.1, -0.05) is 37.3 Å². The van der Waals surface area contributed by atoms with Crippen LogP contribution in [0.2, 0.25) is 0 Å². The van der Waals surface area contributed by atoms with E-state index in [0.717, 1.165) is 18.5 Å². The predicted molar refractivity (Wildman–Crippen MR) is 75.4 cm³/mol. The summed E-state index contributed by atoms with van der Waals surface area (Å²) in [7, 11) is 0. The summed E-state index contributed by atoms with van der Waals surface area (Å²) in [5.41, 5.74) is 1.46. The van der Waals surface area contributed by atoms with Crippen molar-refractivity contribution in [3.63, 3.8) is 0 Å². The van der Waals surface area contributed by atoms with E-state index in [1.54, 1.807) is 0 Å². The first kappa shape index (κ1) is 12.2. The van der Waals surface area contributed by atoms with Crippen molar-refractivity contribution in [2.24, 2.45) is 5.92 Å². The molecule has 2 atom stereocenters. The minimum Gasteiger partial charge on any atom is -0.311 e. The molecule has 1 aliphatic carbocycles. The van der Waals surface area contributed by atoms with E-state index in [1.807, 2.05) is 0 Å². The number of hydrogen-bond acceptors (Lipinski definition) is 2. The molecular formula is C16H24N2. The summed E-state index contributed by atoms with van der Waals surface area (Å²) in [6, 6.07) is 12.4. The van der Waals surface area contributed by atoms with Crippen LogP contribution < -0.4 is 5.32 Å². The molecule has 0 spiro atoms. The first-order valence-electron chi connectivity index (χ1n) is 7.38. The highest BCUT2D eigenvalue weighted by atomic mass is 15.2. The lowest BCUT2D eigenvalue weighted by atomic mass is 10.0. The maximum Gasteiger partial charge on any atom is 0.0253 e. The molecule has 1 heterocycles. The third-order valence-electron chi connectivity index (χ3n) is 4.43. The van der Waals surface area contributed by atoms with Crippen LogP contribution >= 0.6 is 0 Å². The Morgan fingerprint density at radius 3 is 2.67 bits per heavy atom. The van der Waals surface area contributed by atoms with Gasteiger partial charge in [0.05, 0.1) is 0 Å². The van der Waals surface area contributed by atoms with Crippen molar-refractivity contribution >= 4 is 0 Å². The van der Waals surface area contributed by atoms with Crippen molar-refractivity contribution in [2.75, 3.05) is 13.1 Å². The van der Waals surface area contributed by atoms with Gasteiger partial charge in [-0.15, -0.1) is 0 Å². The Balaban J connectivity index is 1.69. The van der Waals surface area contributed by atoms with E-state index < -0.39 is 0 Å². The molecule has 2 heteroatoms. The summed E-state index contributed by atoms with van der Waals surface area (Å²) in [4.78, 5) is 2.72. The molecule has 0 amide bonds. The summed E-state index contributed by atoms with van der Waals surface area (Å²) in [6.07, 6.45) is 4.12. The Kier molecular flexibility index (Phi) is 3.67. The van der Waals surface area contributed by atoms with Crippen molar-refractivity contribution in [3.05, 3.63) is 35.9 Å². The number of benzene rings is 1. The van der Waals surface area contributed by atoms with Gasteiger partial charge in [0.2, 0.25) is 0 Å². The van der Waals surface area contributed by atoms with Gasteiger partial charge < -0.3 is 5.32 Å². The summed E-state index contributed by atoms with van der Waals surface area (Å²) < 4.78 is 0. The molecule has 0 bridgehead atoms. The maximum atomic E-state index is 3.71. The van der Waals surface area contributed by atoms with Crippen LogP contribution in [0.5, 0.6) is 0 Å². The standard InChI is InChI=1S/C16H24N2/c1-2-15-12-18(11-13-6-4-3-5-7-13)16(10-17-15)14-8-9-14/h3-7,14-17H,2,8-12H2,1H3. The number of rotatable bonds is 4. The number of piperazine rings is 1. The molecule has 2 nitrogen and oxygen atoms in total. The van der Waals surface area contributed by atoms with Gasteiger partial charge in [0.15, 0.2) is 0 Å². The third kappa shape index (κ3) is 2.76. The average Bonchev–Trinajstić information content (AvgIpc) is 3.24. The molecule has 1 saturated heterocycles. The van der Waals surface area contributed by atoms with Crippen LogP contribution in [0.15, 0.2) is 30.3 Å². The van der Waals surface area contributed by atoms with Gasteiger partial charge in [0.1, 0.15) is 0 Å². The lowest BCUT2D eigenvalue weighted by Crippen LogP contribution is -2.56. The van der Waals surface area contributed by atoms with Crippen LogP contribution in [-0.2, 0) is 6.54 Å². The second kappa shape index (κ2) is 5.41. The van der Waals surface area contributed by atoms with E-state index >= 15 is 0 Å². The van der Waals surface area contributed by atoms with Crippen molar-refractivity contribution in [1.82, 2.24) is 10.2 Å². The Labute approximate surface area is 110 Å². The Bertz CT molecular complexity index is 372. The second-order valence-electron chi connectivity index (χ2n) is 5.83. The SMILES string of the molecule is CCC1CN(Cc2ccccc2)C(C2CC2)CN1. The summed E-state index contributed by atoms with van der Waals surface area (Å²) in [6.45, 7) is 5.82. The van der Waals surface area contributed by atoms with Crippen LogP contribution in [-0.4, -0.2) is 30.1 Å². The van der Waals surface area contributed by atoms with E-state index in [0.29, 0.717) is 6.04 Å². The van der Waals surface area contributed by atoms with Gasteiger partial charge in [-0.2, -0.15) is 0 Å². The van der Waals surface area contributed by atoms with Gasteiger partial charge in [0.25, 0.3) is 0 Å². The number of nitrogens with one attached hydrogen (secondary N) is 1. The first-order valence-corrected chi connectivity index (χ1v) is 7.38. The molecule has 98 valence electrons. The molecule has 18 heavy (non-hydrogen) atoms. The number of hydrogen-bond donors (Lipinski definition) is 1. The van der Waals surface area contributed by atoms with Crippen molar-refractivity contribution < 1.29 is 0 Å². The van der Waals surface area contributed by atoms with Gasteiger partial charge in [0, 0.05) is 31.7 Å². The largest absolute Gasteiger partial charge is 0.311 e. The van der Waals surface area contributed by atoms with Gasteiger partial charge in [-0.25, -0.2) is 0 Å². The zero-order valence-corrected chi connectivity index (χ0v) is 11.3. The zero-order chi connectivity index (χ0) is 12.4. The van der Waals surface area contributed by atoms with E-state index in [4.69, 9.17) is 0 Å². The molecule has 1 N–H and O–H groups in total. The Morgan fingerprint density at radius 2 is 2.00 bits per heavy atom. The highest BCUT2D eigenvalue weighted by Gasteiger charge is 2.38. The van der Waals surface area contributed by atoms with Crippen LogP contribution in [0.1, 0.15) is 31.7 Å². The Hall–Kier alpha value is -0.860. The van der Waals surface area contributed by atoms with Crippen LogP contribution in [0.25, 0.3) is 0 Å². The average molecular weight is 244 g/mol. The minimum atomic E-state index is 0.684. The molecule has 0 radical (unpaired) electrons. The van der Waals surface area contributed by atoms with Gasteiger partial charge >= 0.3 is 0 Å². The smallest absolute Gasteiger partial charge is 0.0253 e. The third-order valence-corrected chi connectivity index (χ3v) is 4.43. The predicted octanol–water partition coefficient (Wildman–Crippen LogP) is 2.65. The quantitative estimate of drug-likeness (QED) is 0.876. The number of nitrogens with zero attached hydrogens (tertiary/aromatic N) is 1. The molecule has 1 saturated carbocycles. The highest BCUT2D eigenvalue weighted by Crippen LogP contribution is 2.36. The highest BCUT2D eigenvalue weighted by molar-refractivity contribution is 5.15. The molecular weight excluding hydrogens is 220 g/mol. The molecule has 1 aromatic carbocycles. The monoisotopic (exact) mass is 244 g/mol. The topological polar surface area (TPSA) is 15.3 Å². The molecule has 2 fully saturated rings. The van der Waals surface area contributed by atoms with E-state index in [9.17, 15) is 0 Å². The normalized spacial score (nSPS) is 29.4. The molecule has 1 aromatic rings. The molecule has 2 unspecified atom stereocenters. The summed E-state index contributed by atoms with van der Waals surface area (Å²) in [5, 5.41) is 3.71. The molecule has 3 rings (SSSR count). The molecule has 0 aromatic heterocycles. The van der Waals surface area contributed by atoms with Crippen LogP contribution in [0.3, 0.4) is 0 Å². The molecule has 2 aliphatic rings. The fourth-order valence-corrected chi connectivity index (χ4v) is 3.12. The Morgan fingerprint density at radius 1 is 1.22 bits per heavy atom. The fraction of sp³-hybridized carbons (Fsp3) is 0.625. The van der Waals surface area contributed by atoms with Gasteiger partial charge in [-0.3, -0.25) is 4.90 Å². The van der Waals surface area contributed by atoms with Crippen molar-refractivity contribution in [2.45, 2.75) is 44.8 Å². The van der Waals surface area contributed by atoms with Crippen molar-refractivity contribution in [3.8, 4) is 0 Å². The molecule has 1 aliphatic heterocycles. The fourth-order valence-electron chi connectivity index (χ4n) is 3.12. The maximum absolute atomic E-state index is 3.71. The minimum absolute atomic E-state index is 0.684. The van der Waals surface area contributed by atoms with Crippen molar-refractivity contribution in [1.29, 1.82) is 0 Å².